The summed E-state index contributed by atoms with van der Waals surface area (Å²) >= 11 is 6.16. The molecular weight excluding hydrogens is 364 g/mol. The zero-order valence-corrected chi connectivity index (χ0v) is 15.6. The molecule has 0 heterocycles. The van der Waals surface area contributed by atoms with E-state index >= 15 is 0 Å². The van der Waals surface area contributed by atoms with Gasteiger partial charge in [-0.1, -0.05) is 48.6 Å². The Labute approximate surface area is 163 Å². The van der Waals surface area contributed by atoms with Gasteiger partial charge in [-0.05, 0) is 37.1 Å². The summed E-state index contributed by atoms with van der Waals surface area (Å²) in [6, 6.07) is 17.6. The van der Waals surface area contributed by atoms with Crippen LogP contribution in [0, 0.1) is 5.41 Å². The predicted molar refractivity (Wildman–Crippen MR) is 104 cm³/mol. The first-order chi connectivity index (χ1) is 13.1. The Morgan fingerprint density at radius 2 is 1.37 bits per heavy atom. The monoisotopic (exact) mass is 384 g/mol. The topological polar surface area (TPSA) is 52.6 Å². The van der Waals surface area contributed by atoms with Crippen molar-refractivity contribution in [1.29, 1.82) is 0 Å². The molecule has 0 spiro atoms. The highest BCUT2D eigenvalue weighted by atomic mass is 35.5. The van der Waals surface area contributed by atoms with Gasteiger partial charge in [-0.3, -0.25) is 0 Å². The van der Waals surface area contributed by atoms with Crippen molar-refractivity contribution in [3.63, 3.8) is 0 Å². The second kappa shape index (κ2) is 8.87. The van der Waals surface area contributed by atoms with E-state index < -0.39 is 17.4 Å². The fourth-order valence-corrected chi connectivity index (χ4v) is 3.11. The fraction of sp³-hybridized carbons (Fsp3) is 0.273. The number of ether oxygens (including phenoxy) is 2. The molecule has 0 N–H and O–H groups in total. The number of hydrogen-bond acceptors (Lipinski definition) is 4. The standard InChI is InChI=1S/C22H21ClO4/c23-19-11-13-22(14-12-19,15-26-20(24)17-7-3-1-4-8-17)16-27-21(25)18-9-5-2-6-10-18/h1-11,13,19H,12,14-16H2. The Kier molecular flexibility index (Phi) is 6.30. The number of benzene rings is 2. The van der Waals surface area contributed by atoms with Crippen molar-refractivity contribution in [2.45, 2.75) is 18.2 Å². The molecule has 0 fully saturated rings. The van der Waals surface area contributed by atoms with Gasteiger partial charge in [-0.25, -0.2) is 9.59 Å². The molecule has 27 heavy (non-hydrogen) atoms. The largest absolute Gasteiger partial charge is 0.461 e. The third-order valence-electron chi connectivity index (χ3n) is 4.58. The van der Waals surface area contributed by atoms with E-state index in [0.29, 0.717) is 17.5 Å². The molecule has 0 saturated heterocycles. The van der Waals surface area contributed by atoms with E-state index in [4.69, 9.17) is 21.1 Å². The van der Waals surface area contributed by atoms with Crippen LogP contribution >= 0.6 is 11.6 Å². The Balaban J connectivity index is 1.66. The van der Waals surface area contributed by atoms with Crippen molar-refractivity contribution in [2.24, 2.45) is 5.41 Å². The van der Waals surface area contributed by atoms with Crippen LogP contribution in [0.15, 0.2) is 72.8 Å². The summed E-state index contributed by atoms with van der Waals surface area (Å²) in [4.78, 5) is 24.5. The highest BCUT2D eigenvalue weighted by Crippen LogP contribution is 2.34. The average molecular weight is 385 g/mol. The van der Waals surface area contributed by atoms with Crippen LogP contribution in [0.5, 0.6) is 0 Å². The molecule has 5 heteroatoms. The second-order valence-electron chi connectivity index (χ2n) is 6.66. The second-order valence-corrected chi connectivity index (χ2v) is 7.22. The van der Waals surface area contributed by atoms with Crippen LogP contribution in [0.1, 0.15) is 33.6 Å². The fourth-order valence-electron chi connectivity index (χ4n) is 2.93. The van der Waals surface area contributed by atoms with Gasteiger partial charge in [-0.2, -0.15) is 0 Å². The van der Waals surface area contributed by atoms with E-state index in [2.05, 4.69) is 0 Å². The van der Waals surface area contributed by atoms with E-state index in [9.17, 15) is 9.59 Å². The van der Waals surface area contributed by atoms with Gasteiger partial charge in [0.25, 0.3) is 0 Å². The van der Waals surface area contributed by atoms with Crippen molar-refractivity contribution in [3.8, 4) is 0 Å². The van der Waals surface area contributed by atoms with Crippen molar-refractivity contribution in [1.82, 2.24) is 0 Å². The Bertz CT molecular complexity index is 746. The lowest BCUT2D eigenvalue weighted by Gasteiger charge is -2.33. The van der Waals surface area contributed by atoms with Crippen LogP contribution in [0.4, 0.5) is 0 Å². The van der Waals surface area contributed by atoms with Crippen LogP contribution < -0.4 is 0 Å². The van der Waals surface area contributed by atoms with Crippen molar-refractivity contribution in [3.05, 3.63) is 83.9 Å². The Morgan fingerprint density at radius 3 is 1.78 bits per heavy atom. The zero-order chi connectivity index (χ0) is 19.1. The summed E-state index contributed by atoms with van der Waals surface area (Å²) < 4.78 is 11.0. The minimum atomic E-state index is -0.569. The molecule has 1 atom stereocenters. The third kappa shape index (κ3) is 5.20. The molecule has 0 bridgehead atoms. The van der Waals surface area contributed by atoms with Crippen LogP contribution in [0.25, 0.3) is 0 Å². The zero-order valence-electron chi connectivity index (χ0n) is 14.8. The molecule has 0 amide bonds. The first kappa shape index (κ1) is 19.2. The number of alkyl halides is 1. The number of carbonyl (C=O) groups excluding carboxylic acids is 2. The quantitative estimate of drug-likeness (QED) is 0.413. The third-order valence-corrected chi connectivity index (χ3v) is 4.94. The number of allylic oxidation sites excluding steroid dienone is 1. The maximum absolute atomic E-state index is 12.3. The smallest absolute Gasteiger partial charge is 0.338 e. The van der Waals surface area contributed by atoms with Crippen LogP contribution in [0.3, 0.4) is 0 Å². The summed E-state index contributed by atoms with van der Waals surface area (Å²) in [7, 11) is 0. The summed E-state index contributed by atoms with van der Waals surface area (Å²) in [5.74, 6) is -0.795. The van der Waals surface area contributed by atoms with Crippen LogP contribution in [-0.4, -0.2) is 30.5 Å². The molecule has 0 saturated carbocycles. The van der Waals surface area contributed by atoms with Gasteiger partial charge in [-0.15, -0.1) is 11.6 Å². The SMILES string of the molecule is O=C(OCC1(COC(=O)c2ccccc2)C=CC(Cl)CC1)c1ccccc1. The molecule has 0 aromatic heterocycles. The molecule has 2 aromatic rings. The lowest BCUT2D eigenvalue weighted by Crippen LogP contribution is -2.35. The summed E-state index contributed by atoms with van der Waals surface area (Å²) in [5, 5.41) is -0.0622. The van der Waals surface area contributed by atoms with Gasteiger partial charge in [0.05, 0.1) is 21.9 Å². The summed E-state index contributed by atoms with van der Waals surface area (Å²) in [6.07, 6.45) is 5.17. The van der Waals surface area contributed by atoms with E-state index in [1.807, 2.05) is 24.3 Å². The molecule has 1 aliphatic carbocycles. The number of rotatable bonds is 6. The molecule has 1 aliphatic rings. The van der Waals surface area contributed by atoms with E-state index in [-0.39, 0.29) is 18.6 Å². The molecule has 1 unspecified atom stereocenters. The maximum atomic E-state index is 12.3. The minimum Gasteiger partial charge on any atom is -0.461 e. The molecule has 4 nitrogen and oxygen atoms in total. The molecule has 2 aromatic carbocycles. The van der Waals surface area contributed by atoms with Gasteiger partial charge in [0, 0.05) is 0 Å². The number of hydrogen-bond donors (Lipinski definition) is 0. The molecule has 0 radical (unpaired) electrons. The van der Waals surface area contributed by atoms with E-state index in [0.717, 1.165) is 6.42 Å². The maximum Gasteiger partial charge on any atom is 0.338 e. The number of halogens is 1. The van der Waals surface area contributed by atoms with E-state index in [1.165, 1.54) is 0 Å². The molecule has 0 aliphatic heterocycles. The van der Waals surface area contributed by atoms with Gasteiger partial charge >= 0.3 is 11.9 Å². The van der Waals surface area contributed by atoms with Gasteiger partial charge in [0.2, 0.25) is 0 Å². The number of esters is 2. The first-order valence-electron chi connectivity index (χ1n) is 8.86. The van der Waals surface area contributed by atoms with Crippen molar-refractivity contribution in [2.75, 3.05) is 13.2 Å². The summed E-state index contributed by atoms with van der Waals surface area (Å²) in [5.41, 5.74) is 0.410. The Hall–Kier alpha value is -2.59. The van der Waals surface area contributed by atoms with Gasteiger partial charge in [0.15, 0.2) is 0 Å². The first-order valence-corrected chi connectivity index (χ1v) is 9.29. The normalized spacial score (nSPS) is 17.9. The average Bonchev–Trinajstić information content (AvgIpc) is 2.73. The molecule has 140 valence electrons. The highest BCUT2D eigenvalue weighted by molar-refractivity contribution is 6.21. The van der Waals surface area contributed by atoms with Gasteiger partial charge in [0.1, 0.15) is 13.2 Å². The highest BCUT2D eigenvalue weighted by Gasteiger charge is 2.34. The number of carbonyl (C=O) groups is 2. The van der Waals surface area contributed by atoms with E-state index in [1.54, 1.807) is 48.5 Å². The molecular formula is C22H21ClO4. The lowest BCUT2D eigenvalue weighted by atomic mass is 9.80. The minimum absolute atomic E-state index is 0.0622. The van der Waals surface area contributed by atoms with Crippen molar-refractivity contribution >= 4 is 23.5 Å². The van der Waals surface area contributed by atoms with Crippen LogP contribution in [-0.2, 0) is 9.47 Å². The van der Waals surface area contributed by atoms with Crippen molar-refractivity contribution < 1.29 is 19.1 Å². The van der Waals surface area contributed by atoms with Gasteiger partial charge < -0.3 is 9.47 Å². The Morgan fingerprint density at radius 1 is 0.889 bits per heavy atom. The molecule has 3 rings (SSSR count). The lowest BCUT2D eigenvalue weighted by molar-refractivity contribution is 0.00562. The summed E-state index contributed by atoms with van der Waals surface area (Å²) in [6.45, 7) is 0.256. The van der Waals surface area contributed by atoms with Crippen LogP contribution in [0.2, 0.25) is 0 Å². The predicted octanol–water partition coefficient (Wildman–Crippen LogP) is 4.64.